The van der Waals surface area contributed by atoms with Crippen LogP contribution >= 0.6 is 0 Å². The van der Waals surface area contributed by atoms with Gasteiger partial charge in [-0.1, -0.05) is 0 Å². The van der Waals surface area contributed by atoms with Gasteiger partial charge in [-0.05, 0) is 49.2 Å². The van der Waals surface area contributed by atoms with Crippen molar-refractivity contribution in [1.82, 2.24) is 4.57 Å². The second-order valence-electron chi connectivity index (χ2n) is 5.18. The van der Waals surface area contributed by atoms with Crippen LogP contribution in [0.4, 0.5) is 0 Å². The van der Waals surface area contributed by atoms with Gasteiger partial charge in [0, 0.05) is 25.1 Å². The highest BCUT2D eigenvalue weighted by Gasteiger charge is 2.06. The first-order valence-corrected chi connectivity index (χ1v) is 8.85. The summed E-state index contributed by atoms with van der Waals surface area (Å²) < 4.78 is 29.9. The van der Waals surface area contributed by atoms with Crippen LogP contribution in [0.3, 0.4) is 0 Å². The average molecular weight is 321 g/mol. The Hall–Kier alpha value is -2.08. The molecule has 0 amide bonds. The fourth-order valence-corrected chi connectivity index (χ4v) is 2.63. The van der Waals surface area contributed by atoms with Gasteiger partial charge in [-0.3, -0.25) is 4.79 Å². The van der Waals surface area contributed by atoms with E-state index in [1.165, 1.54) is 18.4 Å². The molecule has 2 rings (SSSR count). The lowest BCUT2D eigenvalue weighted by molar-refractivity contribution is 0.300. The summed E-state index contributed by atoms with van der Waals surface area (Å²) in [7, 11) is -3.18. The summed E-state index contributed by atoms with van der Waals surface area (Å²) >= 11 is 0. The molecule has 118 valence electrons. The van der Waals surface area contributed by atoms with Gasteiger partial charge in [0.05, 0.1) is 11.5 Å². The van der Waals surface area contributed by atoms with Crippen molar-refractivity contribution >= 4 is 9.84 Å². The van der Waals surface area contributed by atoms with Gasteiger partial charge in [0.1, 0.15) is 5.75 Å². The molecule has 0 bridgehead atoms. The number of rotatable bonds is 6. The summed E-state index contributed by atoms with van der Waals surface area (Å²) in [4.78, 5) is 12.0. The summed E-state index contributed by atoms with van der Waals surface area (Å²) in [5.74, 6) is 0.614. The standard InChI is InChI=1S/C16H19NO4S/c1-13-8-10-17(16(18)12-13)9-3-11-21-14-4-6-15(7-5-14)22(2,19)20/h4-8,10,12H,3,9,11H2,1-2H3. The zero-order valence-electron chi connectivity index (χ0n) is 12.7. The highest BCUT2D eigenvalue weighted by Crippen LogP contribution is 2.15. The first-order valence-electron chi connectivity index (χ1n) is 6.96. The smallest absolute Gasteiger partial charge is 0.250 e. The molecular formula is C16H19NO4S. The van der Waals surface area contributed by atoms with Crippen molar-refractivity contribution in [3.8, 4) is 5.75 Å². The maximum atomic E-state index is 11.7. The number of aryl methyl sites for hydroxylation is 2. The Morgan fingerprint density at radius 3 is 2.41 bits per heavy atom. The van der Waals surface area contributed by atoms with Gasteiger partial charge in [-0.2, -0.15) is 0 Å². The number of pyridine rings is 1. The zero-order valence-corrected chi connectivity index (χ0v) is 13.5. The molecule has 0 atom stereocenters. The Morgan fingerprint density at radius 1 is 1.14 bits per heavy atom. The minimum Gasteiger partial charge on any atom is -0.494 e. The van der Waals surface area contributed by atoms with E-state index in [4.69, 9.17) is 4.74 Å². The monoisotopic (exact) mass is 321 g/mol. The Balaban J connectivity index is 1.85. The van der Waals surface area contributed by atoms with E-state index < -0.39 is 9.84 Å². The molecule has 2 aromatic rings. The van der Waals surface area contributed by atoms with Crippen LogP contribution in [-0.2, 0) is 16.4 Å². The number of hydrogen-bond acceptors (Lipinski definition) is 4. The lowest BCUT2D eigenvalue weighted by atomic mass is 10.3. The Morgan fingerprint density at radius 2 is 1.82 bits per heavy atom. The van der Waals surface area contributed by atoms with Crippen molar-refractivity contribution in [2.75, 3.05) is 12.9 Å². The van der Waals surface area contributed by atoms with Crippen molar-refractivity contribution in [2.45, 2.75) is 24.8 Å². The third-order valence-electron chi connectivity index (χ3n) is 3.22. The molecule has 0 unspecified atom stereocenters. The van der Waals surface area contributed by atoms with Gasteiger partial charge in [-0.15, -0.1) is 0 Å². The number of benzene rings is 1. The number of sulfone groups is 1. The van der Waals surface area contributed by atoms with Crippen LogP contribution in [0.1, 0.15) is 12.0 Å². The van der Waals surface area contributed by atoms with Gasteiger partial charge in [0.2, 0.25) is 0 Å². The van der Waals surface area contributed by atoms with Crippen LogP contribution in [0.15, 0.2) is 52.3 Å². The van der Waals surface area contributed by atoms with E-state index in [2.05, 4.69) is 0 Å². The maximum absolute atomic E-state index is 11.7. The van der Waals surface area contributed by atoms with Crippen LogP contribution in [0.2, 0.25) is 0 Å². The van der Waals surface area contributed by atoms with Gasteiger partial charge in [-0.25, -0.2) is 8.42 Å². The zero-order chi connectivity index (χ0) is 16.2. The molecule has 1 heterocycles. The molecule has 0 spiro atoms. The van der Waals surface area contributed by atoms with Gasteiger partial charge < -0.3 is 9.30 Å². The predicted molar refractivity (Wildman–Crippen MR) is 85.1 cm³/mol. The molecule has 6 heteroatoms. The van der Waals surface area contributed by atoms with E-state index in [-0.39, 0.29) is 10.5 Å². The lowest BCUT2D eigenvalue weighted by Gasteiger charge is -2.08. The molecule has 0 saturated heterocycles. The van der Waals surface area contributed by atoms with E-state index in [0.717, 1.165) is 5.56 Å². The van der Waals surface area contributed by atoms with Crippen molar-refractivity contribution in [2.24, 2.45) is 0 Å². The van der Waals surface area contributed by atoms with E-state index in [1.807, 2.05) is 13.0 Å². The topological polar surface area (TPSA) is 65.4 Å². The Labute approximate surface area is 130 Å². The first kappa shape index (κ1) is 16.3. The minimum atomic E-state index is -3.18. The van der Waals surface area contributed by atoms with Crippen LogP contribution in [-0.4, -0.2) is 25.8 Å². The summed E-state index contributed by atoms with van der Waals surface area (Å²) in [6.07, 6.45) is 3.64. The summed E-state index contributed by atoms with van der Waals surface area (Å²) in [5.41, 5.74) is 0.931. The van der Waals surface area contributed by atoms with Crippen molar-refractivity contribution in [3.05, 3.63) is 58.5 Å². The molecule has 0 aliphatic carbocycles. The second-order valence-corrected chi connectivity index (χ2v) is 7.20. The number of ether oxygens (including phenoxy) is 1. The molecule has 22 heavy (non-hydrogen) atoms. The normalized spacial score (nSPS) is 11.4. The summed E-state index contributed by atoms with van der Waals surface area (Å²) in [5, 5.41) is 0. The van der Waals surface area contributed by atoms with Crippen LogP contribution in [0, 0.1) is 6.92 Å². The van der Waals surface area contributed by atoms with Crippen LogP contribution < -0.4 is 10.3 Å². The molecule has 0 fully saturated rings. The first-order chi connectivity index (χ1) is 10.4. The van der Waals surface area contributed by atoms with Crippen LogP contribution in [0.5, 0.6) is 5.75 Å². The van der Waals surface area contributed by atoms with Gasteiger partial charge in [0.15, 0.2) is 9.84 Å². The fraction of sp³-hybridized carbons (Fsp3) is 0.312. The quantitative estimate of drug-likeness (QED) is 0.764. The van der Waals surface area contributed by atoms with E-state index in [0.29, 0.717) is 25.3 Å². The fourth-order valence-electron chi connectivity index (χ4n) is 2.00. The van der Waals surface area contributed by atoms with Crippen LogP contribution in [0.25, 0.3) is 0 Å². The SMILES string of the molecule is Cc1ccn(CCCOc2ccc(S(C)(=O)=O)cc2)c(=O)c1. The third kappa shape index (κ3) is 4.46. The predicted octanol–water partition coefficient (Wildman–Crippen LogP) is 2.03. The lowest BCUT2D eigenvalue weighted by Crippen LogP contribution is -2.19. The van der Waals surface area contributed by atoms with Crippen molar-refractivity contribution in [3.63, 3.8) is 0 Å². The number of aromatic nitrogens is 1. The number of hydrogen-bond donors (Lipinski definition) is 0. The van der Waals surface area contributed by atoms with E-state index in [9.17, 15) is 13.2 Å². The average Bonchev–Trinajstić information content (AvgIpc) is 2.45. The molecule has 1 aromatic carbocycles. The highest BCUT2D eigenvalue weighted by atomic mass is 32.2. The molecule has 0 saturated carbocycles. The maximum Gasteiger partial charge on any atom is 0.250 e. The number of nitrogens with zero attached hydrogens (tertiary/aromatic N) is 1. The van der Waals surface area contributed by atoms with Gasteiger partial charge >= 0.3 is 0 Å². The Bertz CT molecular complexity index is 792. The van der Waals surface area contributed by atoms with Crippen molar-refractivity contribution < 1.29 is 13.2 Å². The molecular weight excluding hydrogens is 302 g/mol. The van der Waals surface area contributed by atoms with Gasteiger partial charge in [0.25, 0.3) is 5.56 Å². The molecule has 0 radical (unpaired) electrons. The molecule has 0 aliphatic rings. The third-order valence-corrected chi connectivity index (χ3v) is 4.34. The molecule has 1 aromatic heterocycles. The Kier molecular flexibility index (Phi) is 5.03. The molecule has 0 N–H and O–H groups in total. The minimum absolute atomic E-state index is 0.0162. The largest absolute Gasteiger partial charge is 0.494 e. The summed E-state index contributed by atoms with van der Waals surface area (Å²) in [6, 6.07) is 9.81. The van der Waals surface area contributed by atoms with Crippen molar-refractivity contribution in [1.29, 1.82) is 0 Å². The summed E-state index contributed by atoms with van der Waals surface area (Å²) in [6.45, 7) is 2.92. The molecule has 5 nitrogen and oxygen atoms in total. The second kappa shape index (κ2) is 6.79. The van der Waals surface area contributed by atoms with E-state index in [1.54, 1.807) is 29.0 Å². The highest BCUT2D eigenvalue weighted by molar-refractivity contribution is 7.90. The molecule has 0 aliphatic heterocycles. The van der Waals surface area contributed by atoms with E-state index >= 15 is 0 Å².